The molecule has 0 aliphatic heterocycles. The third-order valence-corrected chi connectivity index (χ3v) is 16.3. The molecule has 0 aliphatic carbocycles. The van der Waals surface area contributed by atoms with Crippen molar-refractivity contribution in [2.75, 3.05) is 0 Å². The number of benzene rings is 16. The summed E-state index contributed by atoms with van der Waals surface area (Å²) in [5.41, 5.74) is 9.94. The molecule has 0 amide bonds. The van der Waals surface area contributed by atoms with Crippen LogP contribution in [0, 0.1) is 0 Å². The van der Waals surface area contributed by atoms with Gasteiger partial charge < -0.3 is 0 Å². The fraction of sp³-hybridized carbons (Fsp3) is 0. The summed E-state index contributed by atoms with van der Waals surface area (Å²) in [5, 5.41) is 28.0. The lowest BCUT2D eigenvalue weighted by atomic mass is 9.84. The summed E-state index contributed by atoms with van der Waals surface area (Å²) >= 11 is 0. The molecule has 16 rings (SSSR count). The zero-order chi connectivity index (χ0) is 48.4. The largest absolute Gasteiger partial charge is 0.0616 e. The first-order valence-corrected chi connectivity index (χ1v) is 25.8. The van der Waals surface area contributed by atoms with E-state index in [4.69, 9.17) is 0 Å². The maximum absolute atomic E-state index is 2.47. The highest BCUT2D eigenvalue weighted by molar-refractivity contribution is 6.40. The number of fused-ring (bicyclic) bond motifs is 19. The molecule has 0 saturated heterocycles. The van der Waals surface area contributed by atoms with Crippen molar-refractivity contribution >= 4 is 118 Å². The molecule has 0 bridgehead atoms. The predicted molar refractivity (Wildman–Crippen MR) is 321 cm³/mol. The second-order valence-corrected chi connectivity index (χ2v) is 20.2. The Morgan fingerprint density at radius 1 is 0.135 bits per heavy atom. The minimum Gasteiger partial charge on any atom is -0.0616 e. The van der Waals surface area contributed by atoms with Crippen molar-refractivity contribution in [1.82, 2.24) is 0 Å². The van der Waals surface area contributed by atoms with Crippen molar-refractivity contribution < 1.29 is 0 Å². The fourth-order valence-electron chi connectivity index (χ4n) is 13.0. The number of hydrogen-bond acceptors (Lipinski definition) is 0. The first-order chi connectivity index (χ1) is 36.7. The van der Waals surface area contributed by atoms with Crippen LogP contribution in [0.25, 0.3) is 163 Å². The number of rotatable bonds is 4. The van der Waals surface area contributed by atoms with E-state index < -0.39 is 0 Å². The second kappa shape index (κ2) is 15.9. The lowest BCUT2D eigenvalue weighted by molar-refractivity contribution is 1.68. The zero-order valence-corrected chi connectivity index (χ0v) is 40.4. The first-order valence-electron chi connectivity index (χ1n) is 25.8. The minimum absolute atomic E-state index is 1.22. The van der Waals surface area contributed by atoms with Crippen LogP contribution in [0.5, 0.6) is 0 Å². The summed E-state index contributed by atoms with van der Waals surface area (Å²) in [6, 6.07) is 100. The lowest BCUT2D eigenvalue weighted by Crippen LogP contribution is -1.91. The maximum atomic E-state index is 2.47. The fourth-order valence-corrected chi connectivity index (χ4v) is 13.0. The SMILES string of the molecule is c1ccc2c(-c3ccc4cc(-c5ccc6c(c5)c5ccccc5c5c7ccc(-c8cc9ccc(-c%10cccc%11ccccc%10%11)cc9c9ccccc89)cc7c7ccccc7c65)c5ccccc5c4c3)cccc2c1. The predicted octanol–water partition coefficient (Wildman–Crippen LogP) is 21.0. The Hall–Kier alpha value is -9.62. The molecule has 0 atom stereocenters. The average molecular weight is 933 g/mol. The van der Waals surface area contributed by atoms with Gasteiger partial charge in [0.25, 0.3) is 0 Å². The smallest absolute Gasteiger partial charge is 0.00139 e. The molecular formula is C74H44. The lowest BCUT2D eigenvalue weighted by Gasteiger charge is -2.19. The van der Waals surface area contributed by atoms with Crippen molar-refractivity contribution in [3.05, 3.63) is 267 Å². The summed E-state index contributed by atoms with van der Waals surface area (Å²) in [4.78, 5) is 0. The summed E-state index contributed by atoms with van der Waals surface area (Å²) in [6.45, 7) is 0. The van der Waals surface area contributed by atoms with Gasteiger partial charge in [-0.15, -0.1) is 0 Å². The van der Waals surface area contributed by atoms with E-state index in [1.807, 2.05) is 0 Å². The van der Waals surface area contributed by atoms with Crippen LogP contribution in [-0.4, -0.2) is 0 Å². The van der Waals surface area contributed by atoms with Crippen LogP contribution in [0.15, 0.2) is 267 Å². The van der Waals surface area contributed by atoms with Crippen molar-refractivity contribution in [3.8, 4) is 44.5 Å². The number of hydrogen-bond donors (Lipinski definition) is 0. The van der Waals surface area contributed by atoms with Crippen LogP contribution in [0.2, 0.25) is 0 Å². The normalized spacial score (nSPS) is 12.1. The van der Waals surface area contributed by atoms with E-state index in [1.54, 1.807) is 0 Å². The molecule has 0 fully saturated rings. The molecule has 0 heterocycles. The molecule has 74 heavy (non-hydrogen) atoms. The van der Waals surface area contributed by atoms with Crippen molar-refractivity contribution in [3.63, 3.8) is 0 Å². The molecule has 0 saturated carbocycles. The third-order valence-electron chi connectivity index (χ3n) is 16.3. The van der Waals surface area contributed by atoms with Crippen LogP contribution < -0.4 is 0 Å². The molecule has 0 unspecified atom stereocenters. The average Bonchev–Trinajstić information content (AvgIpc) is 3.54. The molecule has 0 aromatic heterocycles. The van der Waals surface area contributed by atoms with E-state index >= 15 is 0 Å². The molecule has 0 N–H and O–H groups in total. The molecule has 0 heteroatoms. The van der Waals surface area contributed by atoms with Gasteiger partial charge >= 0.3 is 0 Å². The Morgan fingerprint density at radius 3 is 0.865 bits per heavy atom. The Bertz CT molecular complexity index is 4740. The molecular weight excluding hydrogens is 889 g/mol. The third kappa shape index (κ3) is 6.09. The van der Waals surface area contributed by atoms with Crippen LogP contribution in [0.4, 0.5) is 0 Å². The van der Waals surface area contributed by atoms with Crippen molar-refractivity contribution in [2.45, 2.75) is 0 Å². The van der Waals surface area contributed by atoms with Gasteiger partial charge in [-0.3, -0.25) is 0 Å². The van der Waals surface area contributed by atoms with Gasteiger partial charge in [0.1, 0.15) is 0 Å². The van der Waals surface area contributed by atoms with Crippen molar-refractivity contribution in [2.24, 2.45) is 0 Å². The molecule has 340 valence electrons. The monoisotopic (exact) mass is 932 g/mol. The molecule has 0 aliphatic rings. The summed E-state index contributed by atoms with van der Waals surface area (Å²) in [7, 11) is 0. The molecule has 0 radical (unpaired) electrons. The summed E-state index contributed by atoms with van der Waals surface area (Å²) in [6.07, 6.45) is 0. The van der Waals surface area contributed by atoms with Crippen LogP contribution in [-0.2, 0) is 0 Å². The van der Waals surface area contributed by atoms with E-state index in [-0.39, 0.29) is 0 Å². The molecule has 16 aromatic carbocycles. The molecule has 0 spiro atoms. The summed E-state index contributed by atoms with van der Waals surface area (Å²) < 4.78 is 0. The van der Waals surface area contributed by atoms with Crippen LogP contribution in [0.1, 0.15) is 0 Å². The van der Waals surface area contributed by atoms with Crippen molar-refractivity contribution in [1.29, 1.82) is 0 Å². The Kier molecular flexibility index (Phi) is 8.84. The van der Waals surface area contributed by atoms with Gasteiger partial charge in [0.05, 0.1) is 0 Å². The Morgan fingerprint density at radius 2 is 0.432 bits per heavy atom. The first kappa shape index (κ1) is 41.0. The van der Waals surface area contributed by atoms with Gasteiger partial charge in [0, 0.05) is 0 Å². The topological polar surface area (TPSA) is 0 Å². The Labute approximate surface area is 427 Å². The highest BCUT2D eigenvalue weighted by Gasteiger charge is 2.20. The van der Waals surface area contributed by atoms with E-state index in [0.717, 1.165) is 0 Å². The van der Waals surface area contributed by atoms with Gasteiger partial charge in [-0.05, 0) is 199 Å². The van der Waals surface area contributed by atoms with Gasteiger partial charge in [-0.25, -0.2) is 0 Å². The van der Waals surface area contributed by atoms with Gasteiger partial charge in [-0.2, -0.15) is 0 Å². The van der Waals surface area contributed by atoms with E-state index in [9.17, 15) is 0 Å². The van der Waals surface area contributed by atoms with Crippen LogP contribution >= 0.6 is 0 Å². The minimum atomic E-state index is 1.22. The van der Waals surface area contributed by atoms with Gasteiger partial charge in [0.2, 0.25) is 0 Å². The Balaban J connectivity index is 0.880. The van der Waals surface area contributed by atoms with Crippen LogP contribution in [0.3, 0.4) is 0 Å². The van der Waals surface area contributed by atoms with E-state index in [1.165, 1.54) is 163 Å². The summed E-state index contributed by atoms with van der Waals surface area (Å²) in [5.74, 6) is 0. The van der Waals surface area contributed by atoms with Gasteiger partial charge in [-0.1, -0.05) is 231 Å². The van der Waals surface area contributed by atoms with Gasteiger partial charge in [0.15, 0.2) is 0 Å². The standard InChI is InChI=1S/C74H44/c1-3-19-53-45(15-1)17-13-29-55(53)47-31-33-49-41-69(59-23-7-5-21-57(59)67(49)39-47)51-35-37-65-71(43-51)61-25-9-11-27-63(61)74-66-38-36-52(44-72(66)62-26-10-12-28-64(62)73(65)74)70-42-50-34-32-48(40-68(50)58-22-6-8-24-60(58)70)56-30-14-18-46-16-2-4-20-54(46)56/h1-44H. The highest BCUT2D eigenvalue weighted by Crippen LogP contribution is 2.48. The second-order valence-electron chi connectivity index (χ2n) is 20.2. The quantitative estimate of drug-likeness (QED) is 0.154. The maximum Gasteiger partial charge on any atom is -0.00139 e. The molecule has 0 nitrogen and oxygen atoms in total. The zero-order valence-electron chi connectivity index (χ0n) is 40.4. The highest BCUT2D eigenvalue weighted by atomic mass is 14.2. The van der Waals surface area contributed by atoms with E-state index in [2.05, 4.69) is 267 Å². The molecule has 16 aromatic rings. The van der Waals surface area contributed by atoms with E-state index in [0.29, 0.717) is 0 Å².